The van der Waals surface area contributed by atoms with Gasteiger partial charge in [0.05, 0.1) is 24.0 Å². The molecule has 2 aliphatic rings. The molecular weight excluding hydrogens is 804 g/mol. The molecule has 1 unspecified atom stereocenters. The van der Waals surface area contributed by atoms with Gasteiger partial charge in [-0.05, 0) is 113 Å². The van der Waals surface area contributed by atoms with E-state index in [0.717, 1.165) is 22.9 Å². The second-order valence-corrected chi connectivity index (χ2v) is 29.4. The van der Waals surface area contributed by atoms with Gasteiger partial charge in [0, 0.05) is 21.5 Å². The Bertz CT molecular complexity index is 2060. The van der Waals surface area contributed by atoms with Crippen molar-refractivity contribution >= 4 is 96.6 Å². The number of carbonyl (C=O) groups excluding carboxylic acids is 2. The van der Waals surface area contributed by atoms with Crippen molar-refractivity contribution in [2.24, 2.45) is 0 Å². The summed E-state index contributed by atoms with van der Waals surface area (Å²) in [7, 11) is 0. The van der Waals surface area contributed by atoms with Gasteiger partial charge in [-0.1, -0.05) is 89.3 Å². The summed E-state index contributed by atoms with van der Waals surface area (Å²) in [4.78, 5) is 34.1. The van der Waals surface area contributed by atoms with Gasteiger partial charge in [0.15, 0.2) is 0 Å². The molecular formula is C39H38FNO7P2S4. The molecule has 1 fully saturated rings. The van der Waals surface area contributed by atoms with E-state index in [1.54, 1.807) is 36.0 Å². The minimum atomic E-state index is -1.76. The molecule has 8 nitrogen and oxygen atoms in total. The van der Waals surface area contributed by atoms with E-state index in [1.807, 2.05) is 58.4 Å². The fourth-order valence-corrected chi connectivity index (χ4v) is 32.0. The third-order valence-electron chi connectivity index (χ3n) is 8.32. The van der Waals surface area contributed by atoms with Crippen LogP contribution in [0.2, 0.25) is 0 Å². The Hall–Kier alpha value is -3.28. The summed E-state index contributed by atoms with van der Waals surface area (Å²) in [5.74, 6) is -0.654. The van der Waals surface area contributed by atoms with E-state index in [2.05, 4.69) is 62.6 Å². The summed E-state index contributed by atoms with van der Waals surface area (Å²) in [6.45, 7) is 3.98. The molecule has 0 N–H and O–H groups in total. The zero-order chi connectivity index (χ0) is 38.7. The molecule has 4 aromatic rings. The van der Waals surface area contributed by atoms with E-state index in [0.29, 0.717) is 5.75 Å². The largest absolute Gasteiger partial charge is 0.450 e. The monoisotopic (exact) mass is 841 g/mol. The van der Waals surface area contributed by atoms with E-state index in [-0.39, 0.29) is 44.8 Å². The lowest BCUT2D eigenvalue weighted by atomic mass is 10.0. The molecule has 1 heterocycles. The van der Waals surface area contributed by atoms with E-state index < -0.39 is 21.4 Å². The van der Waals surface area contributed by atoms with Crippen molar-refractivity contribution in [3.63, 3.8) is 0 Å². The molecule has 282 valence electrons. The second kappa shape index (κ2) is 20.1. The topological polar surface area (TPSA) is 105 Å². The lowest BCUT2D eigenvalue weighted by molar-refractivity contribution is -0.481. The van der Waals surface area contributed by atoms with Crippen LogP contribution >= 0.6 is 44.5 Å². The average molecular weight is 842 g/mol. The van der Waals surface area contributed by atoms with Crippen LogP contribution in [0.15, 0.2) is 108 Å². The van der Waals surface area contributed by atoms with Gasteiger partial charge in [-0.25, -0.2) is 9.18 Å². The molecule has 15 heteroatoms. The number of hydrogen-bond acceptors (Lipinski definition) is 11. The SMILES string of the molecule is CCC1=C(C)/C(=C/c2ccc(SC)cc2)c2ccc(F)cc21.O=COC(COCCC[N+](=O)[O-])C(=O)Oc1ccc(P2(=S)SP(c3ccccc3)S2)cc1. The number of esters is 1. The zero-order valence-electron chi connectivity index (χ0n) is 29.7. The lowest BCUT2D eigenvalue weighted by Crippen LogP contribution is -2.33. The molecule has 6 rings (SSSR count). The highest BCUT2D eigenvalue weighted by Crippen LogP contribution is 2.99. The Morgan fingerprint density at radius 1 is 1.04 bits per heavy atom. The molecule has 1 aliphatic heterocycles. The summed E-state index contributed by atoms with van der Waals surface area (Å²) < 4.78 is 27.0. The van der Waals surface area contributed by atoms with E-state index in [1.165, 1.54) is 32.5 Å². The van der Waals surface area contributed by atoms with Crippen LogP contribution in [0.5, 0.6) is 5.75 Å². The summed E-state index contributed by atoms with van der Waals surface area (Å²) in [5, 5.41) is 12.7. The molecule has 1 atom stereocenters. The molecule has 1 aliphatic carbocycles. The smallest absolute Gasteiger partial charge is 0.355 e. The van der Waals surface area contributed by atoms with Gasteiger partial charge < -0.3 is 14.2 Å². The fraction of sp³-hybridized carbons (Fsp3) is 0.231. The predicted molar refractivity (Wildman–Crippen MR) is 228 cm³/mol. The first kappa shape index (κ1) is 41.9. The molecule has 0 amide bonds. The van der Waals surface area contributed by atoms with Crippen molar-refractivity contribution in [3.05, 3.63) is 135 Å². The third-order valence-corrected chi connectivity index (χ3v) is 34.1. The average Bonchev–Trinajstić information content (AvgIpc) is 3.42. The molecule has 0 aromatic heterocycles. The highest BCUT2D eigenvalue weighted by atomic mass is 33.7. The number of thioether (sulfide) groups is 1. The third kappa shape index (κ3) is 10.9. The van der Waals surface area contributed by atoms with Crippen LogP contribution in [-0.2, 0) is 30.9 Å². The van der Waals surface area contributed by atoms with E-state index in [9.17, 15) is 24.1 Å². The van der Waals surface area contributed by atoms with Crippen LogP contribution in [0.3, 0.4) is 0 Å². The lowest BCUT2D eigenvalue weighted by Gasteiger charge is -2.37. The molecule has 54 heavy (non-hydrogen) atoms. The van der Waals surface area contributed by atoms with Crippen molar-refractivity contribution in [2.45, 2.75) is 37.7 Å². The number of rotatable bonds is 15. The highest BCUT2D eigenvalue weighted by Gasteiger charge is 2.40. The molecule has 0 bridgehead atoms. The fourth-order valence-electron chi connectivity index (χ4n) is 5.61. The minimum Gasteiger partial charge on any atom is -0.450 e. The molecule has 0 spiro atoms. The number of carbonyl (C=O) groups is 2. The number of nitro groups is 1. The Kier molecular flexibility index (Phi) is 15.5. The van der Waals surface area contributed by atoms with Crippen LogP contribution < -0.4 is 15.3 Å². The van der Waals surface area contributed by atoms with Gasteiger partial charge in [-0.2, -0.15) is 0 Å². The quantitative estimate of drug-likeness (QED) is 0.0167. The number of ether oxygens (including phenoxy) is 3. The summed E-state index contributed by atoms with van der Waals surface area (Å²) in [6, 6.07) is 31.0. The normalized spacial score (nSPS) is 18.5. The molecule has 0 saturated carbocycles. The maximum absolute atomic E-state index is 13.6. The zero-order valence-corrected chi connectivity index (χ0v) is 34.8. The summed E-state index contributed by atoms with van der Waals surface area (Å²) >= 11 is 11.4. The van der Waals surface area contributed by atoms with Crippen molar-refractivity contribution in [1.82, 2.24) is 0 Å². The van der Waals surface area contributed by atoms with Gasteiger partial charge in [0.2, 0.25) is 12.6 Å². The molecule has 1 saturated heterocycles. The van der Waals surface area contributed by atoms with Crippen molar-refractivity contribution in [1.29, 1.82) is 0 Å². The number of hydrogen-bond donors (Lipinski definition) is 0. The van der Waals surface area contributed by atoms with Crippen LogP contribution in [0.4, 0.5) is 4.39 Å². The maximum atomic E-state index is 13.6. The number of benzene rings is 4. The van der Waals surface area contributed by atoms with E-state index >= 15 is 0 Å². The van der Waals surface area contributed by atoms with E-state index in [4.69, 9.17) is 26.0 Å². The Morgan fingerprint density at radius 3 is 2.37 bits per heavy atom. The maximum Gasteiger partial charge on any atom is 0.355 e. The number of halogens is 1. The number of nitrogens with zero attached hydrogens (tertiary/aromatic N) is 1. The van der Waals surface area contributed by atoms with Crippen molar-refractivity contribution < 1.29 is 33.1 Å². The molecule has 0 radical (unpaired) electrons. The van der Waals surface area contributed by atoms with Crippen LogP contribution in [-0.4, -0.2) is 49.5 Å². The van der Waals surface area contributed by atoms with Crippen LogP contribution in [0, 0.1) is 15.9 Å². The van der Waals surface area contributed by atoms with Crippen LogP contribution in [0.1, 0.15) is 43.4 Å². The van der Waals surface area contributed by atoms with Crippen LogP contribution in [0.25, 0.3) is 17.2 Å². The Labute approximate surface area is 332 Å². The van der Waals surface area contributed by atoms with Gasteiger partial charge in [-0.3, -0.25) is 14.9 Å². The first-order valence-corrected chi connectivity index (χ1v) is 26.3. The van der Waals surface area contributed by atoms with Gasteiger partial charge >= 0.3 is 5.97 Å². The van der Waals surface area contributed by atoms with Gasteiger partial charge in [-0.15, -0.1) is 11.8 Å². The van der Waals surface area contributed by atoms with Gasteiger partial charge in [0.1, 0.15) is 11.6 Å². The second-order valence-electron chi connectivity index (χ2n) is 11.9. The summed E-state index contributed by atoms with van der Waals surface area (Å²) in [5.41, 5.74) is 7.10. The Balaban J connectivity index is 0.000000222. The summed E-state index contributed by atoms with van der Waals surface area (Å²) in [6.07, 6.45) is 3.78. The highest BCUT2D eigenvalue weighted by molar-refractivity contribution is 9.43. The first-order chi connectivity index (χ1) is 26.0. The number of allylic oxidation sites excluding steroid dienone is 3. The van der Waals surface area contributed by atoms with Crippen molar-refractivity contribution in [2.75, 3.05) is 26.0 Å². The van der Waals surface area contributed by atoms with Gasteiger partial charge in [0.25, 0.3) is 6.47 Å². The standard InChI is InChI=1S/C20H19FS.C19H19NO7P2S3/c1-4-17-13(2)19(18-10-7-15(21)12-20(17)18)11-14-5-8-16(22-3)9-6-14;21-14-26-18(13-25-12-4-11-20(23)24)19(22)27-15-7-9-17(10-8-15)29(30)31-28(32-29)16-5-2-1-3-6-16/h5-12H,4H2,1-3H3;1-3,5-10,14,18H,4,11-13H2/b19-11-;. The van der Waals surface area contributed by atoms with Crippen molar-refractivity contribution in [3.8, 4) is 5.75 Å². The molecule has 4 aromatic carbocycles. The Morgan fingerprint density at radius 2 is 1.74 bits per heavy atom. The number of fused-ring (bicyclic) bond motifs is 1. The predicted octanol–water partition coefficient (Wildman–Crippen LogP) is 10.2. The minimum absolute atomic E-state index is 0.0626. The first-order valence-electron chi connectivity index (χ1n) is 16.9.